The number of benzene rings is 1. The van der Waals surface area contributed by atoms with Crippen LogP contribution in [0.25, 0.3) is 0 Å². The van der Waals surface area contributed by atoms with Crippen LogP contribution in [0, 0.1) is 0 Å². The highest BCUT2D eigenvalue weighted by Gasteiger charge is 1.81. The van der Waals surface area contributed by atoms with Crippen LogP contribution in [0.3, 0.4) is 0 Å². The van der Waals surface area contributed by atoms with Gasteiger partial charge in [-0.3, -0.25) is 0 Å². The van der Waals surface area contributed by atoms with Crippen molar-refractivity contribution in [3.63, 3.8) is 0 Å². The number of hydrogen-bond acceptors (Lipinski definition) is 3. The molecule has 0 unspecified atom stereocenters. The minimum Gasteiger partial charge on any atom is -0.397 e. The quantitative estimate of drug-likeness (QED) is 0.670. The summed E-state index contributed by atoms with van der Waals surface area (Å²) < 4.78 is 0. The molecule has 1 aromatic carbocycles. The van der Waals surface area contributed by atoms with E-state index < -0.39 is 0 Å². The average Bonchev–Trinajstić information content (AvgIpc) is 2.19. The number of aliphatic hydroxyl groups excluding tert-OH is 2. The molecule has 0 radical (unpaired) electrons. The van der Waals surface area contributed by atoms with Crippen molar-refractivity contribution >= 4 is 11.6 Å². The Balaban J connectivity index is -0.000000182. The lowest BCUT2D eigenvalue weighted by Crippen LogP contribution is -1.85. The van der Waals surface area contributed by atoms with E-state index in [1.165, 1.54) is 5.56 Å². The van der Waals surface area contributed by atoms with Gasteiger partial charge >= 0.3 is 0 Å². The first-order chi connectivity index (χ1) is 7.08. The summed E-state index contributed by atoms with van der Waals surface area (Å²) in [6.45, 7) is 5.38. The maximum absolute atomic E-state index is 8.06. The molecule has 0 amide bonds. The van der Waals surface area contributed by atoms with Crippen LogP contribution in [-0.4, -0.2) is 22.9 Å². The molecule has 1 aromatic rings. The van der Waals surface area contributed by atoms with Crippen LogP contribution in [-0.2, 0) is 5.88 Å². The first-order valence-electron chi connectivity index (χ1n) is 4.97. The maximum Gasteiger partial charge on any atom is 0.0483 e. The minimum absolute atomic E-state index is 0. The summed E-state index contributed by atoms with van der Waals surface area (Å²) in [5.41, 5.74) is 1.18. The van der Waals surface area contributed by atoms with Crippen LogP contribution in [0.4, 0.5) is 0 Å². The van der Waals surface area contributed by atoms with Crippen LogP contribution in [0.5, 0.6) is 0 Å². The highest BCUT2D eigenvalue weighted by molar-refractivity contribution is 6.17. The van der Waals surface area contributed by atoms with Crippen LogP contribution in [0.15, 0.2) is 30.3 Å². The van der Waals surface area contributed by atoms with E-state index in [0.717, 1.165) is 0 Å². The van der Waals surface area contributed by atoms with Gasteiger partial charge < -0.3 is 16.4 Å². The third-order valence-electron chi connectivity index (χ3n) is 0.997. The summed E-state index contributed by atoms with van der Waals surface area (Å²) in [5, 5.41) is 15.6. The fourth-order valence-electron chi connectivity index (χ4n) is 0.567. The molecule has 0 aliphatic carbocycles. The van der Waals surface area contributed by atoms with E-state index in [4.69, 9.17) is 21.8 Å². The smallest absolute Gasteiger partial charge is 0.0483 e. The molecule has 0 aromatic heterocycles. The molecule has 0 atom stereocenters. The van der Waals surface area contributed by atoms with Crippen LogP contribution in [0.2, 0.25) is 0 Å². The Morgan fingerprint density at radius 2 is 1.50 bits per heavy atom. The molecule has 0 spiro atoms. The monoisotopic (exact) mass is 249 g/mol. The van der Waals surface area contributed by atoms with Gasteiger partial charge in [0.15, 0.2) is 0 Å². The van der Waals surface area contributed by atoms with E-state index in [1.807, 2.05) is 30.3 Å². The second-order valence-corrected chi connectivity index (χ2v) is 3.30. The van der Waals surface area contributed by atoms with Crippen molar-refractivity contribution in [1.29, 1.82) is 0 Å². The molecule has 96 valence electrons. The molecule has 0 heterocycles. The molecule has 4 heteroatoms. The predicted molar refractivity (Wildman–Crippen MR) is 71.1 cm³/mol. The number of rotatable bonds is 1. The molecule has 0 aliphatic heterocycles. The Bertz CT molecular complexity index is 203. The lowest BCUT2D eigenvalue weighted by molar-refractivity contribution is 0.216. The normalized spacial score (nSPS) is 7.94. The molecule has 0 aliphatic rings. The molecular formula is C12H24ClNO2. The standard InChI is InChI=1S/C7H7Cl.C3H8O.C2H6O.H3N/c8-6-7-4-2-1-3-5-7;1-3(2)4;1-2-3;/h1-5H,6H2;3-4H,1-2H3;3H,2H2,1H3;1H3. The second-order valence-electron chi connectivity index (χ2n) is 3.03. The third-order valence-corrected chi connectivity index (χ3v) is 1.31. The molecule has 16 heavy (non-hydrogen) atoms. The van der Waals surface area contributed by atoms with Crippen molar-refractivity contribution < 1.29 is 10.2 Å². The molecule has 0 fully saturated rings. The van der Waals surface area contributed by atoms with Gasteiger partial charge in [-0.05, 0) is 26.3 Å². The zero-order chi connectivity index (χ0) is 12.1. The summed E-state index contributed by atoms with van der Waals surface area (Å²) in [5.74, 6) is 0.612. The topological polar surface area (TPSA) is 75.5 Å². The van der Waals surface area contributed by atoms with Gasteiger partial charge in [-0.2, -0.15) is 0 Å². The first-order valence-corrected chi connectivity index (χ1v) is 5.50. The third kappa shape index (κ3) is 23.3. The summed E-state index contributed by atoms with van der Waals surface area (Å²) in [6.07, 6.45) is -0.167. The minimum atomic E-state index is -0.167. The molecule has 0 saturated heterocycles. The largest absolute Gasteiger partial charge is 0.397 e. The van der Waals surface area contributed by atoms with Gasteiger partial charge in [0, 0.05) is 18.6 Å². The number of halogens is 1. The van der Waals surface area contributed by atoms with Gasteiger partial charge in [-0.25, -0.2) is 0 Å². The fraction of sp³-hybridized carbons (Fsp3) is 0.500. The number of alkyl halides is 1. The van der Waals surface area contributed by atoms with Gasteiger partial charge in [-0.15, -0.1) is 11.6 Å². The zero-order valence-corrected chi connectivity index (χ0v) is 11.1. The van der Waals surface area contributed by atoms with Crippen molar-refractivity contribution in [3.8, 4) is 0 Å². The Labute approximate surface area is 104 Å². The SMILES string of the molecule is CC(C)O.CCO.ClCc1ccccc1.N. The summed E-state index contributed by atoms with van der Waals surface area (Å²) in [6, 6.07) is 9.96. The van der Waals surface area contributed by atoms with Crippen molar-refractivity contribution in [2.24, 2.45) is 0 Å². The fourth-order valence-corrected chi connectivity index (χ4v) is 0.745. The summed E-state index contributed by atoms with van der Waals surface area (Å²) in [7, 11) is 0. The van der Waals surface area contributed by atoms with Crippen LogP contribution >= 0.6 is 11.6 Å². The molecule has 5 N–H and O–H groups in total. The predicted octanol–water partition coefficient (Wildman–Crippen LogP) is 2.97. The van der Waals surface area contributed by atoms with Crippen molar-refractivity contribution in [3.05, 3.63) is 35.9 Å². The number of aliphatic hydroxyl groups is 2. The van der Waals surface area contributed by atoms with Crippen LogP contribution < -0.4 is 6.15 Å². The van der Waals surface area contributed by atoms with Crippen molar-refractivity contribution in [1.82, 2.24) is 6.15 Å². The Hall–Kier alpha value is -0.610. The molecule has 0 saturated carbocycles. The maximum atomic E-state index is 8.06. The van der Waals surface area contributed by atoms with E-state index in [-0.39, 0.29) is 18.9 Å². The summed E-state index contributed by atoms with van der Waals surface area (Å²) in [4.78, 5) is 0. The van der Waals surface area contributed by atoms with Gasteiger partial charge in [0.2, 0.25) is 0 Å². The molecule has 1 rings (SSSR count). The van der Waals surface area contributed by atoms with E-state index in [9.17, 15) is 0 Å². The van der Waals surface area contributed by atoms with Gasteiger partial charge in [-0.1, -0.05) is 30.3 Å². The summed E-state index contributed by atoms with van der Waals surface area (Å²) >= 11 is 5.53. The Morgan fingerprint density at radius 1 is 1.19 bits per heavy atom. The molecule has 0 bridgehead atoms. The Kier molecular flexibility index (Phi) is 21.8. The lowest BCUT2D eigenvalue weighted by atomic mass is 10.2. The van der Waals surface area contributed by atoms with Gasteiger partial charge in [0.25, 0.3) is 0 Å². The highest BCUT2D eigenvalue weighted by atomic mass is 35.5. The van der Waals surface area contributed by atoms with Gasteiger partial charge in [0.05, 0.1) is 0 Å². The Morgan fingerprint density at radius 3 is 1.69 bits per heavy atom. The molecule has 3 nitrogen and oxygen atoms in total. The van der Waals surface area contributed by atoms with Crippen molar-refractivity contribution in [2.45, 2.75) is 32.8 Å². The van der Waals surface area contributed by atoms with Crippen LogP contribution in [0.1, 0.15) is 26.3 Å². The second kappa shape index (κ2) is 16.8. The van der Waals surface area contributed by atoms with E-state index in [0.29, 0.717) is 5.88 Å². The number of hydrogen-bond donors (Lipinski definition) is 3. The van der Waals surface area contributed by atoms with E-state index in [1.54, 1.807) is 20.8 Å². The highest BCUT2D eigenvalue weighted by Crippen LogP contribution is 2.00. The zero-order valence-electron chi connectivity index (χ0n) is 10.4. The van der Waals surface area contributed by atoms with Gasteiger partial charge in [0.1, 0.15) is 0 Å². The van der Waals surface area contributed by atoms with E-state index >= 15 is 0 Å². The van der Waals surface area contributed by atoms with Crippen molar-refractivity contribution in [2.75, 3.05) is 6.61 Å². The average molecular weight is 250 g/mol. The molecular weight excluding hydrogens is 226 g/mol. The van der Waals surface area contributed by atoms with E-state index in [2.05, 4.69) is 0 Å². The first kappa shape index (κ1) is 20.8. The lowest BCUT2D eigenvalue weighted by Gasteiger charge is -1.88.